The van der Waals surface area contributed by atoms with Gasteiger partial charge in [0.2, 0.25) is 11.8 Å². The first kappa shape index (κ1) is 23.5. The largest absolute Gasteiger partial charge is 0.379 e. The average molecular weight is 422 g/mol. The Morgan fingerprint density at radius 2 is 1.80 bits per heavy atom. The topological polar surface area (TPSA) is 70.7 Å². The second-order valence-electron chi connectivity index (χ2n) is 10.5. The third-order valence-corrected chi connectivity index (χ3v) is 7.04. The molecule has 2 atom stereocenters. The number of carbonyl (C=O) groups is 2. The van der Waals surface area contributed by atoms with Crippen molar-refractivity contribution in [2.45, 2.75) is 90.6 Å². The van der Waals surface area contributed by atoms with Gasteiger partial charge in [0, 0.05) is 19.2 Å². The number of rotatable bonds is 4. The van der Waals surface area contributed by atoms with E-state index in [0.717, 1.165) is 64.1 Å². The van der Waals surface area contributed by atoms with E-state index >= 15 is 0 Å². The maximum Gasteiger partial charge on any atom is 0.242 e. The van der Waals surface area contributed by atoms with E-state index in [-0.39, 0.29) is 23.3 Å². The van der Waals surface area contributed by atoms with Crippen molar-refractivity contribution in [3.8, 4) is 0 Å². The predicted octanol–water partition coefficient (Wildman–Crippen LogP) is 3.10. The van der Waals surface area contributed by atoms with Crippen molar-refractivity contribution < 1.29 is 14.3 Å². The summed E-state index contributed by atoms with van der Waals surface area (Å²) in [5, 5.41) is 6.24. The third kappa shape index (κ3) is 6.94. The number of hydrogen-bond acceptors (Lipinski definition) is 4. The molecule has 30 heavy (non-hydrogen) atoms. The van der Waals surface area contributed by atoms with Gasteiger partial charge in [-0.25, -0.2) is 0 Å². The van der Waals surface area contributed by atoms with Crippen LogP contribution in [-0.4, -0.2) is 61.6 Å². The standard InChI is InChI=1S/C24H43N3O3/c1-18(2)15-21-22(28)25-19(3)17-30-14-6-4-5-9-24(23(29)26-21)10-12-27(13-11-24)16-20-7-8-20/h18-21H,4-17H2,1-3H3,(H,25,28)(H,26,29)/t19-,21+/m1/s1. The zero-order valence-electron chi connectivity index (χ0n) is 19.4. The van der Waals surface area contributed by atoms with Gasteiger partial charge < -0.3 is 20.3 Å². The van der Waals surface area contributed by atoms with Crippen LogP contribution in [0.5, 0.6) is 0 Å². The zero-order valence-corrected chi connectivity index (χ0v) is 19.4. The third-order valence-electron chi connectivity index (χ3n) is 7.04. The first-order valence-electron chi connectivity index (χ1n) is 12.3. The molecule has 0 aromatic heterocycles. The average Bonchev–Trinajstić information content (AvgIpc) is 3.51. The van der Waals surface area contributed by atoms with Crippen molar-refractivity contribution in [1.82, 2.24) is 15.5 Å². The minimum atomic E-state index is -0.468. The monoisotopic (exact) mass is 421 g/mol. The fourth-order valence-corrected chi connectivity index (χ4v) is 4.92. The van der Waals surface area contributed by atoms with Crippen LogP contribution >= 0.6 is 0 Å². The molecule has 1 saturated carbocycles. The molecule has 2 N–H and O–H groups in total. The van der Waals surface area contributed by atoms with Crippen LogP contribution in [0.2, 0.25) is 0 Å². The Bertz CT molecular complexity index is 568. The Morgan fingerprint density at radius 1 is 1.07 bits per heavy atom. The van der Waals surface area contributed by atoms with E-state index in [0.29, 0.717) is 18.9 Å². The summed E-state index contributed by atoms with van der Waals surface area (Å²) in [5.74, 6) is 1.25. The highest BCUT2D eigenvalue weighted by molar-refractivity contribution is 5.90. The summed E-state index contributed by atoms with van der Waals surface area (Å²) in [6.45, 7) is 10.6. The number of nitrogens with zero attached hydrogens (tertiary/aromatic N) is 1. The van der Waals surface area contributed by atoms with Crippen LogP contribution in [0.1, 0.15) is 78.6 Å². The Morgan fingerprint density at radius 3 is 2.47 bits per heavy atom. The molecular weight excluding hydrogens is 378 g/mol. The second kappa shape index (κ2) is 10.9. The highest BCUT2D eigenvalue weighted by Gasteiger charge is 2.42. The van der Waals surface area contributed by atoms with Gasteiger partial charge >= 0.3 is 0 Å². The summed E-state index contributed by atoms with van der Waals surface area (Å²) in [4.78, 5) is 29.1. The second-order valence-corrected chi connectivity index (χ2v) is 10.5. The van der Waals surface area contributed by atoms with Gasteiger partial charge in [0.15, 0.2) is 0 Å². The number of amides is 2. The molecule has 2 amide bonds. The van der Waals surface area contributed by atoms with E-state index in [1.54, 1.807) is 0 Å². The van der Waals surface area contributed by atoms with Crippen molar-refractivity contribution in [2.75, 3.05) is 32.8 Å². The summed E-state index contributed by atoms with van der Waals surface area (Å²) >= 11 is 0. The molecule has 2 heterocycles. The lowest BCUT2D eigenvalue weighted by Gasteiger charge is -2.42. The van der Waals surface area contributed by atoms with E-state index in [2.05, 4.69) is 29.4 Å². The van der Waals surface area contributed by atoms with Gasteiger partial charge in [-0.3, -0.25) is 9.59 Å². The number of nitrogens with one attached hydrogen (secondary N) is 2. The molecule has 0 radical (unpaired) electrons. The van der Waals surface area contributed by atoms with Crippen LogP contribution in [-0.2, 0) is 14.3 Å². The Kier molecular flexibility index (Phi) is 8.58. The number of hydrogen-bond donors (Lipinski definition) is 2. The molecular formula is C24H43N3O3. The molecule has 3 rings (SSSR count). The molecule has 2 saturated heterocycles. The van der Waals surface area contributed by atoms with Gasteiger partial charge in [-0.15, -0.1) is 0 Å². The molecule has 0 aromatic carbocycles. The van der Waals surface area contributed by atoms with E-state index in [4.69, 9.17) is 4.74 Å². The van der Waals surface area contributed by atoms with Crippen molar-refractivity contribution >= 4 is 11.8 Å². The Labute approximate surface area is 182 Å². The predicted molar refractivity (Wildman–Crippen MR) is 119 cm³/mol. The van der Waals surface area contributed by atoms with Crippen LogP contribution in [0.15, 0.2) is 0 Å². The normalized spacial score (nSPS) is 30.0. The molecule has 3 aliphatic rings. The van der Waals surface area contributed by atoms with E-state index in [1.807, 2.05) is 6.92 Å². The Hall–Kier alpha value is -1.14. The first-order chi connectivity index (χ1) is 14.4. The van der Waals surface area contributed by atoms with E-state index in [9.17, 15) is 9.59 Å². The fourth-order valence-electron chi connectivity index (χ4n) is 4.92. The minimum absolute atomic E-state index is 0.0494. The van der Waals surface area contributed by atoms with Gasteiger partial charge in [-0.1, -0.05) is 26.7 Å². The van der Waals surface area contributed by atoms with E-state index < -0.39 is 6.04 Å². The van der Waals surface area contributed by atoms with Crippen LogP contribution in [0.3, 0.4) is 0 Å². The number of piperidine rings is 1. The van der Waals surface area contributed by atoms with Crippen molar-refractivity contribution in [2.24, 2.45) is 17.3 Å². The maximum atomic E-state index is 13.6. The quantitative estimate of drug-likeness (QED) is 0.732. The summed E-state index contributed by atoms with van der Waals surface area (Å²) in [6, 6.07) is -0.518. The number of carbonyl (C=O) groups excluding carboxylic acids is 2. The van der Waals surface area contributed by atoms with Crippen LogP contribution in [0, 0.1) is 17.3 Å². The molecule has 3 fully saturated rings. The van der Waals surface area contributed by atoms with Gasteiger partial charge in [0.25, 0.3) is 0 Å². The van der Waals surface area contributed by atoms with Crippen LogP contribution in [0.4, 0.5) is 0 Å². The van der Waals surface area contributed by atoms with E-state index in [1.165, 1.54) is 19.4 Å². The number of ether oxygens (including phenoxy) is 1. The molecule has 0 aromatic rings. The van der Waals surface area contributed by atoms with Crippen LogP contribution in [0.25, 0.3) is 0 Å². The minimum Gasteiger partial charge on any atom is -0.379 e. The van der Waals surface area contributed by atoms with Crippen molar-refractivity contribution in [3.05, 3.63) is 0 Å². The lowest BCUT2D eigenvalue weighted by Crippen LogP contribution is -2.56. The summed E-state index contributed by atoms with van der Waals surface area (Å²) in [5.41, 5.74) is -0.327. The molecule has 2 aliphatic heterocycles. The molecule has 172 valence electrons. The number of likely N-dealkylation sites (tertiary alicyclic amines) is 1. The van der Waals surface area contributed by atoms with Crippen molar-refractivity contribution in [1.29, 1.82) is 0 Å². The zero-order chi connectivity index (χ0) is 21.6. The molecule has 1 spiro atoms. The van der Waals surface area contributed by atoms with Gasteiger partial charge in [0.05, 0.1) is 12.0 Å². The van der Waals surface area contributed by atoms with Gasteiger partial charge in [-0.05, 0) is 76.8 Å². The first-order valence-corrected chi connectivity index (χ1v) is 12.3. The Balaban J connectivity index is 1.70. The van der Waals surface area contributed by atoms with Crippen LogP contribution < -0.4 is 10.6 Å². The highest BCUT2D eigenvalue weighted by atomic mass is 16.5. The lowest BCUT2D eigenvalue weighted by atomic mass is 9.73. The van der Waals surface area contributed by atoms with Crippen molar-refractivity contribution in [3.63, 3.8) is 0 Å². The smallest absolute Gasteiger partial charge is 0.242 e. The van der Waals surface area contributed by atoms with Gasteiger partial charge in [0.1, 0.15) is 6.04 Å². The molecule has 1 aliphatic carbocycles. The molecule has 6 nitrogen and oxygen atoms in total. The SMILES string of the molecule is CC(C)C[C@@H]1NC(=O)C2(CCCCCOC[C@@H](C)NC1=O)CCN(CC1CC1)CC2. The highest BCUT2D eigenvalue weighted by Crippen LogP contribution is 2.39. The summed E-state index contributed by atoms with van der Waals surface area (Å²) < 4.78 is 5.76. The summed E-state index contributed by atoms with van der Waals surface area (Å²) in [7, 11) is 0. The molecule has 0 unspecified atom stereocenters. The maximum absolute atomic E-state index is 13.6. The lowest BCUT2D eigenvalue weighted by molar-refractivity contribution is -0.139. The molecule has 0 bridgehead atoms. The summed E-state index contributed by atoms with van der Waals surface area (Å²) in [6.07, 6.45) is 9.30. The fraction of sp³-hybridized carbons (Fsp3) is 0.917. The van der Waals surface area contributed by atoms with Gasteiger partial charge in [-0.2, -0.15) is 0 Å². The molecule has 6 heteroatoms.